The lowest BCUT2D eigenvalue weighted by atomic mass is 9.49. The molecule has 0 aromatic carbocycles. The third-order valence-electron chi connectivity index (χ3n) is 9.87. The Morgan fingerprint density at radius 3 is 2.35 bits per heavy atom. The first kappa shape index (κ1) is 26.7. The average Bonchev–Trinajstić information content (AvgIpc) is 3.30. The lowest BCUT2D eigenvalue weighted by molar-refractivity contribution is -0.341. The molecule has 0 radical (unpaired) electrons. The molecule has 0 amide bonds. The Hall–Kier alpha value is -0.383. The monoisotopic (exact) mass is 490 g/mol. The van der Waals surface area contributed by atoms with Crippen molar-refractivity contribution in [2.24, 2.45) is 29.6 Å². The van der Waals surface area contributed by atoms with Crippen molar-refractivity contribution in [1.82, 2.24) is 0 Å². The summed E-state index contributed by atoms with van der Waals surface area (Å²) in [6.07, 6.45) is 11.2. The highest BCUT2D eigenvalue weighted by atomic mass is 28.4. The van der Waals surface area contributed by atoms with E-state index in [0.29, 0.717) is 36.9 Å². The van der Waals surface area contributed by atoms with Crippen molar-refractivity contribution < 1.29 is 19.0 Å². The van der Waals surface area contributed by atoms with E-state index in [2.05, 4.69) is 52.6 Å². The van der Waals surface area contributed by atoms with E-state index in [1.54, 1.807) is 0 Å². The zero-order valence-electron chi connectivity index (χ0n) is 22.7. The SMILES string of the molecule is CCCCC1[C@H]2[C@H](C#C[C@@H](O[Si](C)(C)C(C)(C)C)C3CCCCC3)[C@@H](O)CC[C@H]2C12OCCO2. The molecule has 6 atom stereocenters. The van der Waals surface area contributed by atoms with Crippen molar-refractivity contribution in [3.05, 3.63) is 0 Å². The minimum Gasteiger partial charge on any atom is -0.403 e. The molecule has 1 unspecified atom stereocenters. The Morgan fingerprint density at radius 2 is 1.74 bits per heavy atom. The average molecular weight is 491 g/mol. The van der Waals surface area contributed by atoms with Crippen LogP contribution in [-0.4, -0.2) is 44.6 Å². The highest BCUT2D eigenvalue weighted by Crippen LogP contribution is 2.63. The second-order valence-electron chi connectivity index (χ2n) is 13.0. The number of hydrogen-bond acceptors (Lipinski definition) is 4. The minimum atomic E-state index is -1.93. The standard InChI is InChI=1S/C29H50O4Si/c1-7-8-14-23-27-22(25(30)17-16-24(27)29(23)31-19-20-32-29)15-18-26(21-12-10-9-11-13-21)33-34(5,6)28(2,3)4/h21-27,30H,7-14,16-17,19-20H2,1-6H3/t22-,23?,24-,25+,26-,27-/m1/s1. The molecule has 4 aliphatic rings. The van der Waals surface area contributed by atoms with Crippen molar-refractivity contribution in [2.45, 2.75) is 128 Å². The third kappa shape index (κ3) is 5.05. The molecule has 1 spiro atoms. The molecular weight excluding hydrogens is 440 g/mol. The molecule has 1 N–H and O–H groups in total. The van der Waals surface area contributed by atoms with Gasteiger partial charge < -0.3 is 19.0 Å². The van der Waals surface area contributed by atoms with Crippen LogP contribution in [0.5, 0.6) is 0 Å². The normalized spacial score (nSPS) is 34.7. The van der Waals surface area contributed by atoms with Crippen LogP contribution in [0.3, 0.4) is 0 Å². The predicted octanol–water partition coefficient (Wildman–Crippen LogP) is 6.53. The summed E-state index contributed by atoms with van der Waals surface area (Å²) >= 11 is 0. The van der Waals surface area contributed by atoms with Gasteiger partial charge in [-0.3, -0.25) is 0 Å². The molecule has 0 aromatic heterocycles. The first-order valence-corrected chi connectivity index (χ1v) is 17.2. The van der Waals surface area contributed by atoms with Crippen molar-refractivity contribution in [1.29, 1.82) is 0 Å². The molecule has 3 aliphatic carbocycles. The summed E-state index contributed by atoms with van der Waals surface area (Å²) in [5.41, 5.74) is 0. The second-order valence-corrected chi connectivity index (χ2v) is 17.8. The first-order valence-electron chi connectivity index (χ1n) is 14.3. The Bertz CT molecular complexity index is 735. The molecule has 4 nitrogen and oxygen atoms in total. The van der Waals surface area contributed by atoms with Gasteiger partial charge in [-0.2, -0.15) is 0 Å². The number of unbranched alkanes of at least 4 members (excludes halogenated alkanes) is 1. The van der Waals surface area contributed by atoms with Crippen molar-refractivity contribution in [2.75, 3.05) is 13.2 Å². The molecule has 1 heterocycles. The molecule has 4 fully saturated rings. The molecule has 5 heteroatoms. The number of aliphatic hydroxyl groups excluding tert-OH is 1. The summed E-state index contributed by atoms with van der Waals surface area (Å²) in [7, 11) is -1.93. The fourth-order valence-electron chi connectivity index (χ4n) is 6.89. The number of ether oxygens (including phenoxy) is 2. The van der Waals surface area contributed by atoms with Crippen LogP contribution in [-0.2, 0) is 13.9 Å². The van der Waals surface area contributed by atoms with Crippen molar-refractivity contribution in [3.63, 3.8) is 0 Å². The molecule has 34 heavy (non-hydrogen) atoms. The van der Waals surface area contributed by atoms with Gasteiger partial charge >= 0.3 is 0 Å². The van der Waals surface area contributed by atoms with Gasteiger partial charge in [-0.1, -0.05) is 71.6 Å². The van der Waals surface area contributed by atoms with E-state index in [1.807, 2.05) is 0 Å². The maximum absolute atomic E-state index is 11.1. The zero-order valence-corrected chi connectivity index (χ0v) is 23.7. The van der Waals surface area contributed by atoms with Crippen LogP contribution in [0, 0.1) is 41.4 Å². The molecule has 4 rings (SSSR count). The molecule has 0 aromatic rings. The quantitative estimate of drug-likeness (QED) is 0.340. The van der Waals surface area contributed by atoms with E-state index in [4.69, 9.17) is 13.9 Å². The number of hydrogen-bond donors (Lipinski definition) is 1. The summed E-state index contributed by atoms with van der Waals surface area (Å²) in [6, 6.07) is 0. The smallest absolute Gasteiger partial charge is 0.193 e. The zero-order chi connectivity index (χ0) is 24.6. The van der Waals surface area contributed by atoms with Gasteiger partial charge in [0.15, 0.2) is 14.1 Å². The largest absolute Gasteiger partial charge is 0.403 e. The van der Waals surface area contributed by atoms with Crippen LogP contribution in [0.4, 0.5) is 0 Å². The van der Waals surface area contributed by atoms with Crippen LogP contribution in [0.2, 0.25) is 18.1 Å². The molecule has 3 saturated carbocycles. The van der Waals surface area contributed by atoms with E-state index >= 15 is 0 Å². The summed E-state index contributed by atoms with van der Waals surface area (Å²) in [4.78, 5) is 0. The summed E-state index contributed by atoms with van der Waals surface area (Å²) in [5, 5.41) is 11.3. The van der Waals surface area contributed by atoms with Gasteiger partial charge in [0, 0.05) is 11.8 Å². The number of fused-ring (bicyclic) bond motifs is 2. The van der Waals surface area contributed by atoms with Crippen LogP contribution in [0.15, 0.2) is 0 Å². The lowest BCUT2D eigenvalue weighted by Gasteiger charge is -2.62. The highest BCUT2D eigenvalue weighted by molar-refractivity contribution is 6.74. The van der Waals surface area contributed by atoms with Crippen LogP contribution >= 0.6 is 0 Å². The molecule has 1 saturated heterocycles. The third-order valence-corrected chi connectivity index (χ3v) is 14.3. The summed E-state index contributed by atoms with van der Waals surface area (Å²) in [5.74, 6) is 8.58. The summed E-state index contributed by atoms with van der Waals surface area (Å²) < 4.78 is 19.6. The van der Waals surface area contributed by atoms with E-state index < -0.39 is 14.1 Å². The van der Waals surface area contributed by atoms with Gasteiger partial charge in [0.25, 0.3) is 0 Å². The fraction of sp³-hybridized carbons (Fsp3) is 0.931. The van der Waals surface area contributed by atoms with Crippen LogP contribution < -0.4 is 0 Å². The molecular formula is C29H50O4Si. The predicted molar refractivity (Wildman–Crippen MR) is 140 cm³/mol. The molecule has 194 valence electrons. The minimum absolute atomic E-state index is 0.00382. The van der Waals surface area contributed by atoms with Crippen LogP contribution in [0.25, 0.3) is 0 Å². The highest BCUT2D eigenvalue weighted by Gasteiger charge is 2.68. The summed E-state index contributed by atoms with van der Waals surface area (Å²) in [6.45, 7) is 15.3. The van der Waals surface area contributed by atoms with Gasteiger partial charge in [-0.25, -0.2) is 0 Å². The van der Waals surface area contributed by atoms with Gasteiger partial charge in [-0.15, -0.1) is 0 Å². The molecule has 0 bridgehead atoms. The fourth-order valence-corrected chi connectivity index (χ4v) is 8.13. The topological polar surface area (TPSA) is 47.9 Å². The van der Waals surface area contributed by atoms with Gasteiger partial charge in [-0.05, 0) is 62.1 Å². The Kier molecular flexibility index (Phi) is 8.27. The first-order chi connectivity index (χ1) is 16.1. The van der Waals surface area contributed by atoms with Crippen molar-refractivity contribution >= 4 is 8.32 Å². The number of aliphatic hydroxyl groups is 1. The second kappa shape index (κ2) is 10.5. The maximum Gasteiger partial charge on any atom is 0.193 e. The molecule has 1 aliphatic heterocycles. The Labute approximate surface area is 210 Å². The van der Waals surface area contributed by atoms with E-state index in [0.717, 1.165) is 19.3 Å². The van der Waals surface area contributed by atoms with Gasteiger partial charge in [0.1, 0.15) is 6.10 Å². The van der Waals surface area contributed by atoms with Crippen LogP contribution in [0.1, 0.15) is 91.9 Å². The Balaban J connectivity index is 1.59. The maximum atomic E-state index is 11.1. The lowest BCUT2D eigenvalue weighted by Crippen LogP contribution is -2.67. The Morgan fingerprint density at radius 1 is 1.06 bits per heavy atom. The van der Waals surface area contributed by atoms with Crippen molar-refractivity contribution in [3.8, 4) is 11.8 Å². The van der Waals surface area contributed by atoms with Gasteiger partial charge in [0.05, 0.1) is 25.2 Å². The van der Waals surface area contributed by atoms with E-state index in [1.165, 1.54) is 44.9 Å². The van der Waals surface area contributed by atoms with Gasteiger partial charge in [0.2, 0.25) is 0 Å². The van der Waals surface area contributed by atoms with E-state index in [9.17, 15) is 5.11 Å². The van der Waals surface area contributed by atoms with E-state index in [-0.39, 0.29) is 23.2 Å². The number of rotatable bonds is 6.